The van der Waals surface area contributed by atoms with Crippen LogP contribution in [0.15, 0.2) is 53.6 Å². The molecule has 5 nitrogen and oxygen atoms in total. The summed E-state index contributed by atoms with van der Waals surface area (Å²) in [7, 11) is 1.59. The maximum Gasteiger partial charge on any atom is 0.387 e. The Balaban J connectivity index is 1.96. The maximum absolute atomic E-state index is 12.3. The molecule has 132 valence electrons. The van der Waals surface area contributed by atoms with Crippen LogP contribution >= 0.6 is 12.2 Å². The van der Waals surface area contributed by atoms with E-state index >= 15 is 0 Å². The molecule has 2 aromatic carbocycles. The molecule has 0 atom stereocenters. The predicted octanol–water partition coefficient (Wildman–Crippen LogP) is 4.01. The summed E-state index contributed by atoms with van der Waals surface area (Å²) in [6, 6.07) is 13.5. The highest BCUT2D eigenvalue weighted by atomic mass is 32.1. The molecule has 0 spiro atoms. The van der Waals surface area contributed by atoms with Crippen LogP contribution in [0.4, 0.5) is 14.5 Å². The Labute approximate surface area is 149 Å². The van der Waals surface area contributed by atoms with Gasteiger partial charge in [0.1, 0.15) is 11.5 Å². The van der Waals surface area contributed by atoms with Crippen molar-refractivity contribution in [3.63, 3.8) is 0 Å². The minimum Gasteiger partial charge on any atom is -0.497 e. The van der Waals surface area contributed by atoms with Gasteiger partial charge in [0.2, 0.25) is 0 Å². The van der Waals surface area contributed by atoms with Gasteiger partial charge >= 0.3 is 6.61 Å². The van der Waals surface area contributed by atoms with Crippen molar-refractivity contribution < 1.29 is 18.3 Å². The lowest BCUT2D eigenvalue weighted by molar-refractivity contribution is -0.0498. The van der Waals surface area contributed by atoms with E-state index in [1.165, 1.54) is 12.1 Å². The fraction of sp³-hybridized carbons (Fsp3) is 0.176. The third-order valence-corrected chi connectivity index (χ3v) is 3.34. The molecule has 8 heteroatoms. The Morgan fingerprint density at radius 1 is 1.12 bits per heavy atom. The predicted molar refractivity (Wildman–Crippen MR) is 97.6 cm³/mol. The zero-order valence-electron chi connectivity index (χ0n) is 13.6. The zero-order chi connectivity index (χ0) is 18.2. The summed E-state index contributed by atoms with van der Waals surface area (Å²) in [5.74, 6) is 0.810. The van der Waals surface area contributed by atoms with Gasteiger partial charge in [-0.3, -0.25) is 5.43 Å². The van der Waals surface area contributed by atoms with Crippen LogP contribution in [0, 0.1) is 0 Å². The van der Waals surface area contributed by atoms with Gasteiger partial charge in [-0.15, -0.1) is 0 Å². The number of halogens is 2. The summed E-state index contributed by atoms with van der Waals surface area (Å²) < 4.78 is 34.0. The van der Waals surface area contributed by atoms with E-state index in [9.17, 15) is 8.78 Å². The largest absolute Gasteiger partial charge is 0.497 e. The molecule has 2 rings (SSSR count). The SMILES string of the molecule is COc1ccc(NC(=S)N/N=C(\C)c2cccc(OC(F)F)c2)cc1. The minimum atomic E-state index is -2.87. The molecule has 2 aromatic rings. The molecule has 0 saturated heterocycles. The number of methoxy groups -OCH3 is 1. The molecule has 0 aliphatic carbocycles. The Kier molecular flexibility index (Phi) is 6.64. The molecule has 0 radical (unpaired) electrons. The molecule has 0 heterocycles. The van der Waals surface area contributed by atoms with Gasteiger partial charge in [-0.05, 0) is 55.5 Å². The van der Waals surface area contributed by atoms with Crippen molar-refractivity contribution in [2.75, 3.05) is 12.4 Å². The molecular formula is C17H17F2N3O2S. The van der Waals surface area contributed by atoms with E-state index in [-0.39, 0.29) is 5.75 Å². The number of nitrogens with zero attached hydrogens (tertiary/aromatic N) is 1. The molecule has 2 N–H and O–H groups in total. The summed E-state index contributed by atoms with van der Waals surface area (Å²) in [4.78, 5) is 0. The van der Waals surface area contributed by atoms with Gasteiger partial charge in [-0.2, -0.15) is 13.9 Å². The number of hydrazone groups is 1. The normalized spacial score (nSPS) is 11.2. The number of nitrogens with one attached hydrogen (secondary N) is 2. The second-order valence-electron chi connectivity index (χ2n) is 4.90. The third-order valence-electron chi connectivity index (χ3n) is 3.15. The number of hydrogen-bond acceptors (Lipinski definition) is 4. The zero-order valence-corrected chi connectivity index (χ0v) is 14.4. The molecule has 0 saturated carbocycles. The summed E-state index contributed by atoms with van der Waals surface area (Å²) in [6.45, 7) is -1.14. The first-order valence-corrected chi connectivity index (χ1v) is 7.69. The van der Waals surface area contributed by atoms with Crippen molar-refractivity contribution in [3.05, 3.63) is 54.1 Å². The van der Waals surface area contributed by atoms with Crippen molar-refractivity contribution >= 4 is 28.7 Å². The van der Waals surface area contributed by atoms with Gasteiger partial charge in [0.15, 0.2) is 5.11 Å². The fourth-order valence-electron chi connectivity index (χ4n) is 1.93. The minimum absolute atomic E-state index is 0.0704. The summed E-state index contributed by atoms with van der Waals surface area (Å²) in [5, 5.41) is 7.41. The van der Waals surface area contributed by atoms with Gasteiger partial charge in [-0.1, -0.05) is 12.1 Å². The summed E-state index contributed by atoms with van der Waals surface area (Å²) in [6.07, 6.45) is 0. The number of hydrogen-bond donors (Lipinski definition) is 2. The first-order chi connectivity index (χ1) is 12.0. The number of benzene rings is 2. The summed E-state index contributed by atoms with van der Waals surface area (Å²) >= 11 is 5.16. The maximum atomic E-state index is 12.3. The topological polar surface area (TPSA) is 54.9 Å². The van der Waals surface area contributed by atoms with Crippen LogP contribution in [0.2, 0.25) is 0 Å². The van der Waals surface area contributed by atoms with Crippen LogP contribution in [0.25, 0.3) is 0 Å². The lowest BCUT2D eigenvalue weighted by Gasteiger charge is -2.09. The van der Waals surface area contributed by atoms with Crippen molar-refractivity contribution in [1.82, 2.24) is 5.43 Å². The van der Waals surface area contributed by atoms with E-state index in [1.807, 2.05) is 12.1 Å². The van der Waals surface area contributed by atoms with Gasteiger partial charge in [0, 0.05) is 11.3 Å². The summed E-state index contributed by atoms with van der Waals surface area (Å²) in [5.41, 5.74) is 4.69. The number of alkyl halides is 2. The second-order valence-corrected chi connectivity index (χ2v) is 5.31. The van der Waals surface area contributed by atoms with Gasteiger partial charge < -0.3 is 14.8 Å². The van der Waals surface area contributed by atoms with Crippen LogP contribution in [0.3, 0.4) is 0 Å². The lowest BCUT2D eigenvalue weighted by Crippen LogP contribution is -2.24. The quantitative estimate of drug-likeness (QED) is 0.460. The first-order valence-electron chi connectivity index (χ1n) is 7.28. The molecular weight excluding hydrogens is 348 g/mol. The Morgan fingerprint density at radius 2 is 1.84 bits per heavy atom. The van der Waals surface area contributed by atoms with Crippen LogP contribution in [0.1, 0.15) is 12.5 Å². The Morgan fingerprint density at radius 3 is 2.48 bits per heavy atom. The highest BCUT2D eigenvalue weighted by Crippen LogP contribution is 2.17. The van der Waals surface area contributed by atoms with E-state index < -0.39 is 6.61 Å². The average Bonchev–Trinajstić information content (AvgIpc) is 2.60. The standard InChI is InChI=1S/C17H17F2N3O2S/c1-11(12-4-3-5-15(10-12)24-16(18)19)21-22-17(25)20-13-6-8-14(23-2)9-7-13/h3-10,16H,1-2H3,(H2,20,22,25)/b21-11+. The molecule has 0 aliphatic rings. The van der Waals surface area contributed by atoms with E-state index in [2.05, 4.69) is 20.6 Å². The number of rotatable bonds is 6. The molecule has 25 heavy (non-hydrogen) atoms. The van der Waals surface area contributed by atoms with E-state index in [0.29, 0.717) is 16.4 Å². The monoisotopic (exact) mass is 365 g/mol. The molecule has 0 amide bonds. The van der Waals surface area contributed by atoms with Crippen molar-refractivity contribution in [2.45, 2.75) is 13.5 Å². The highest BCUT2D eigenvalue weighted by molar-refractivity contribution is 7.80. The van der Waals surface area contributed by atoms with Gasteiger partial charge in [0.25, 0.3) is 0 Å². The molecule has 0 aromatic heterocycles. The van der Waals surface area contributed by atoms with Crippen LogP contribution in [-0.2, 0) is 0 Å². The van der Waals surface area contributed by atoms with Crippen LogP contribution < -0.4 is 20.2 Å². The first kappa shape index (κ1) is 18.6. The fourth-order valence-corrected chi connectivity index (χ4v) is 2.09. The average molecular weight is 365 g/mol. The van der Waals surface area contributed by atoms with Crippen molar-refractivity contribution in [2.24, 2.45) is 5.10 Å². The van der Waals surface area contributed by atoms with Crippen LogP contribution in [0.5, 0.6) is 11.5 Å². The van der Waals surface area contributed by atoms with E-state index in [1.54, 1.807) is 38.3 Å². The third kappa shape index (κ3) is 6.00. The van der Waals surface area contributed by atoms with Gasteiger partial charge in [0.05, 0.1) is 12.8 Å². The number of anilines is 1. The highest BCUT2D eigenvalue weighted by Gasteiger charge is 2.06. The van der Waals surface area contributed by atoms with E-state index in [4.69, 9.17) is 17.0 Å². The van der Waals surface area contributed by atoms with Gasteiger partial charge in [-0.25, -0.2) is 0 Å². The Bertz CT molecular complexity index is 752. The lowest BCUT2D eigenvalue weighted by atomic mass is 10.1. The smallest absolute Gasteiger partial charge is 0.387 e. The molecule has 0 bridgehead atoms. The number of thiocarbonyl (C=S) groups is 1. The molecule has 0 unspecified atom stereocenters. The van der Waals surface area contributed by atoms with Crippen molar-refractivity contribution in [1.29, 1.82) is 0 Å². The molecule has 0 aliphatic heterocycles. The van der Waals surface area contributed by atoms with E-state index in [0.717, 1.165) is 11.4 Å². The Hall–Kier alpha value is -2.74. The van der Waals surface area contributed by atoms with Crippen molar-refractivity contribution in [3.8, 4) is 11.5 Å². The molecule has 0 fully saturated rings. The van der Waals surface area contributed by atoms with Crippen LogP contribution in [-0.4, -0.2) is 24.5 Å². The number of ether oxygens (including phenoxy) is 2. The second kappa shape index (κ2) is 8.93.